The molecular formula is C26H24F3NO5. The predicted molar refractivity (Wildman–Crippen MR) is 122 cm³/mol. The first-order chi connectivity index (χ1) is 16.8. The van der Waals surface area contributed by atoms with Gasteiger partial charge in [0.1, 0.15) is 23.9 Å². The van der Waals surface area contributed by atoms with E-state index in [1.165, 1.54) is 0 Å². The fourth-order valence-corrected chi connectivity index (χ4v) is 3.00. The summed E-state index contributed by atoms with van der Waals surface area (Å²) in [6, 6.07) is 24.7. The van der Waals surface area contributed by atoms with Gasteiger partial charge in [-0.15, -0.1) is 0 Å². The normalized spacial score (nSPS) is 11.1. The molecule has 3 aromatic rings. The minimum atomic E-state index is -5.18. The molecular weight excluding hydrogens is 463 g/mol. The van der Waals surface area contributed by atoms with Crippen LogP contribution in [0.25, 0.3) is 0 Å². The third-order valence-corrected chi connectivity index (χ3v) is 4.74. The average molecular weight is 487 g/mol. The number of nitrogens with one attached hydrogen (secondary N) is 1. The number of benzene rings is 3. The van der Waals surface area contributed by atoms with Gasteiger partial charge in [0.15, 0.2) is 0 Å². The molecule has 3 rings (SSSR count). The Hall–Kier alpha value is -3.85. The molecule has 0 radical (unpaired) electrons. The molecule has 0 atom stereocenters. The maximum atomic E-state index is 12.0. The Kier molecular flexibility index (Phi) is 9.25. The molecule has 6 nitrogen and oxygen atoms in total. The van der Waals surface area contributed by atoms with Crippen molar-refractivity contribution in [2.45, 2.75) is 25.6 Å². The lowest BCUT2D eigenvalue weighted by Crippen LogP contribution is -2.29. The number of carbonyl (C=O) groups is 2. The monoisotopic (exact) mass is 487 g/mol. The zero-order chi connectivity index (χ0) is 25.1. The topological polar surface area (TPSA) is 73.9 Å². The molecule has 0 saturated carbocycles. The summed E-state index contributed by atoms with van der Waals surface area (Å²) in [5, 5.41) is 2.92. The van der Waals surface area contributed by atoms with Gasteiger partial charge in [-0.05, 0) is 60.5 Å². The highest BCUT2D eigenvalue weighted by molar-refractivity contribution is 5.88. The molecule has 0 heterocycles. The first-order valence-electron chi connectivity index (χ1n) is 10.9. The summed E-state index contributed by atoms with van der Waals surface area (Å²) in [5.74, 6) is -1.54. The SMILES string of the molecule is O=C(CCNCCc1ccc(OCc2cccc(Oc3ccccc3)c2)cc1)OC(=O)C(F)(F)F. The molecule has 184 valence electrons. The van der Waals surface area contributed by atoms with Crippen molar-refractivity contribution >= 4 is 11.9 Å². The maximum absolute atomic E-state index is 12.0. The molecule has 0 bridgehead atoms. The van der Waals surface area contributed by atoms with E-state index in [1.54, 1.807) is 0 Å². The van der Waals surface area contributed by atoms with Crippen LogP contribution in [0.1, 0.15) is 17.5 Å². The van der Waals surface area contributed by atoms with Gasteiger partial charge >= 0.3 is 18.1 Å². The maximum Gasteiger partial charge on any atom is 0.491 e. The molecule has 0 fully saturated rings. The summed E-state index contributed by atoms with van der Waals surface area (Å²) in [5.41, 5.74) is 1.97. The molecule has 0 aliphatic heterocycles. The highest BCUT2D eigenvalue weighted by Gasteiger charge is 2.42. The van der Waals surface area contributed by atoms with Crippen molar-refractivity contribution in [3.8, 4) is 17.2 Å². The number of hydrogen-bond acceptors (Lipinski definition) is 6. The third kappa shape index (κ3) is 9.13. The fourth-order valence-electron chi connectivity index (χ4n) is 3.00. The summed E-state index contributed by atoms with van der Waals surface area (Å²) < 4.78 is 51.5. The van der Waals surface area contributed by atoms with Gasteiger partial charge < -0.3 is 19.5 Å². The van der Waals surface area contributed by atoms with Crippen LogP contribution in [0.2, 0.25) is 0 Å². The minimum absolute atomic E-state index is 0.0955. The largest absolute Gasteiger partial charge is 0.491 e. The van der Waals surface area contributed by atoms with Gasteiger partial charge in [-0.1, -0.05) is 42.5 Å². The van der Waals surface area contributed by atoms with Crippen LogP contribution in [-0.4, -0.2) is 31.2 Å². The van der Waals surface area contributed by atoms with Crippen molar-refractivity contribution in [2.24, 2.45) is 0 Å². The summed E-state index contributed by atoms with van der Waals surface area (Å²) in [6.45, 7) is 0.965. The lowest BCUT2D eigenvalue weighted by Gasteiger charge is -2.10. The molecule has 0 aliphatic rings. The van der Waals surface area contributed by atoms with Crippen LogP contribution in [0.5, 0.6) is 17.2 Å². The van der Waals surface area contributed by atoms with E-state index >= 15 is 0 Å². The second-order valence-corrected chi connectivity index (χ2v) is 7.50. The van der Waals surface area contributed by atoms with Crippen LogP contribution in [0, 0.1) is 0 Å². The number of para-hydroxylation sites is 1. The Morgan fingerprint density at radius 3 is 2.20 bits per heavy atom. The van der Waals surface area contributed by atoms with Gasteiger partial charge in [-0.2, -0.15) is 13.2 Å². The van der Waals surface area contributed by atoms with E-state index in [2.05, 4.69) is 10.1 Å². The number of rotatable bonds is 11. The number of esters is 2. The van der Waals surface area contributed by atoms with Gasteiger partial charge in [0.25, 0.3) is 0 Å². The minimum Gasteiger partial charge on any atom is -0.489 e. The molecule has 0 amide bonds. The number of halogens is 3. The third-order valence-electron chi connectivity index (χ3n) is 4.74. The van der Waals surface area contributed by atoms with Crippen LogP contribution in [-0.2, 0) is 27.4 Å². The van der Waals surface area contributed by atoms with E-state index in [9.17, 15) is 22.8 Å². The lowest BCUT2D eigenvalue weighted by molar-refractivity contribution is -0.201. The molecule has 3 aromatic carbocycles. The van der Waals surface area contributed by atoms with E-state index in [1.807, 2.05) is 78.9 Å². The van der Waals surface area contributed by atoms with E-state index in [-0.39, 0.29) is 13.0 Å². The Labute approximate surface area is 200 Å². The number of hydrogen-bond donors (Lipinski definition) is 1. The van der Waals surface area contributed by atoms with Gasteiger partial charge in [0.2, 0.25) is 0 Å². The molecule has 0 unspecified atom stereocenters. The van der Waals surface area contributed by atoms with E-state index < -0.39 is 18.1 Å². The van der Waals surface area contributed by atoms with Gasteiger partial charge in [0.05, 0.1) is 6.42 Å². The summed E-state index contributed by atoms with van der Waals surface area (Å²) in [7, 11) is 0. The predicted octanol–water partition coefficient (Wildman–Crippen LogP) is 5.21. The first-order valence-corrected chi connectivity index (χ1v) is 10.9. The molecule has 9 heteroatoms. The number of carbonyl (C=O) groups excluding carboxylic acids is 2. The molecule has 1 N–H and O–H groups in total. The van der Waals surface area contributed by atoms with Crippen molar-refractivity contribution in [3.05, 3.63) is 90.0 Å². The zero-order valence-electron chi connectivity index (χ0n) is 18.7. The second-order valence-electron chi connectivity index (χ2n) is 7.50. The zero-order valence-corrected chi connectivity index (χ0v) is 18.7. The van der Waals surface area contributed by atoms with Crippen LogP contribution < -0.4 is 14.8 Å². The number of alkyl halides is 3. The number of ether oxygens (including phenoxy) is 3. The van der Waals surface area contributed by atoms with Gasteiger partial charge in [-0.25, -0.2) is 4.79 Å². The van der Waals surface area contributed by atoms with Gasteiger partial charge in [-0.3, -0.25) is 4.79 Å². The van der Waals surface area contributed by atoms with Crippen LogP contribution in [0.4, 0.5) is 13.2 Å². The Morgan fingerprint density at radius 1 is 0.771 bits per heavy atom. The molecule has 0 spiro atoms. The molecule has 0 saturated heterocycles. The molecule has 0 aromatic heterocycles. The Bertz CT molecular complexity index is 1100. The van der Waals surface area contributed by atoms with Crippen molar-refractivity contribution in [1.29, 1.82) is 0 Å². The van der Waals surface area contributed by atoms with Gasteiger partial charge in [0, 0.05) is 6.54 Å². The van der Waals surface area contributed by atoms with Crippen molar-refractivity contribution in [3.63, 3.8) is 0 Å². The Balaban J connectivity index is 1.36. The first kappa shape index (κ1) is 25.8. The van der Waals surface area contributed by atoms with E-state index in [4.69, 9.17) is 9.47 Å². The van der Waals surface area contributed by atoms with Crippen molar-refractivity contribution < 1.29 is 37.0 Å². The summed E-state index contributed by atoms with van der Waals surface area (Å²) in [6.07, 6.45) is -4.89. The van der Waals surface area contributed by atoms with E-state index in [0.29, 0.717) is 25.3 Å². The summed E-state index contributed by atoms with van der Waals surface area (Å²) in [4.78, 5) is 21.8. The highest BCUT2D eigenvalue weighted by atomic mass is 19.4. The molecule has 0 aliphatic carbocycles. The van der Waals surface area contributed by atoms with Crippen LogP contribution >= 0.6 is 0 Å². The average Bonchev–Trinajstić information content (AvgIpc) is 2.83. The van der Waals surface area contributed by atoms with Crippen molar-refractivity contribution in [1.82, 2.24) is 5.32 Å². The lowest BCUT2D eigenvalue weighted by atomic mass is 10.1. The Morgan fingerprint density at radius 2 is 1.49 bits per heavy atom. The quantitative estimate of drug-likeness (QED) is 0.227. The highest BCUT2D eigenvalue weighted by Crippen LogP contribution is 2.23. The van der Waals surface area contributed by atoms with E-state index in [0.717, 1.165) is 22.6 Å². The summed E-state index contributed by atoms with van der Waals surface area (Å²) >= 11 is 0. The standard InChI is InChI=1S/C26H24F3NO5/c27-26(28,29)25(32)35-24(31)14-16-30-15-13-19-9-11-21(12-10-19)33-18-20-5-4-8-23(17-20)34-22-6-2-1-3-7-22/h1-12,17,30H,13-16,18H2. The second kappa shape index (κ2) is 12.6. The van der Waals surface area contributed by atoms with Crippen LogP contribution in [0.15, 0.2) is 78.9 Å². The van der Waals surface area contributed by atoms with Crippen molar-refractivity contribution in [2.75, 3.05) is 13.1 Å². The smallest absolute Gasteiger partial charge is 0.489 e. The van der Waals surface area contributed by atoms with Crippen LogP contribution in [0.3, 0.4) is 0 Å². The fraction of sp³-hybridized carbons (Fsp3) is 0.231. The molecule has 35 heavy (non-hydrogen) atoms.